The highest BCUT2D eigenvalue weighted by molar-refractivity contribution is 6.42. The van der Waals surface area contributed by atoms with Crippen molar-refractivity contribution in [1.29, 1.82) is 0 Å². The number of halogens is 2. The smallest absolute Gasteiger partial charge is 0.139 e. The predicted molar refractivity (Wildman–Crippen MR) is 72.4 cm³/mol. The van der Waals surface area contributed by atoms with Gasteiger partial charge in [-0.3, -0.25) is 4.79 Å². The lowest BCUT2D eigenvalue weighted by molar-refractivity contribution is -0.121. The van der Waals surface area contributed by atoms with Crippen molar-refractivity contribution in [3.05, 3.63) is 33.8 Å². The van der Waals surface area contributed by atoms with E-state index in [1.54, 1.807) is 12.1 Å². The van der Waals surface area contributed by atoms with Crippen LogP contribution in [-0.4, -0.2) is 31.6 Å². The van der Waals surface area contributed by atoms with Crippen LogP contribution in [0.1, 0.15) is 12.0 Å². The van der Waals surface area contributed by atoms with Crippen molar-refractivity contribution in [3.63, 3.8) is 0 Å². The van der Waals surface area contributed by atoms with Crippen molar-refractivity contribution < 1.29 is 9.53 Å². The van der Waals surface area contributed by atoms with Gasteiger partial charge in [-0.2, -0.15) is 0 Å². The van der Waals surface area contributed by atoms with E-state index in [1.165, 1.54) is 0 Å². The average Bonchev–Trinajstić information content (AvgIpc) is 2.35. The summed E-state index contributed by atoms with van der Waals surface area (Å²) in [6.07, 6.45) is 0.804. The molecular formula is C13H15Cl2NO2. The second-order valence-electron chi connectivity index (χ2n) is 4.36. The maximum absolute atomic E-state index is 11.9. The fraction of sp³-hybridized carbons (Fsp3) is 0.462. The van der Waals surface area contributed by atoms with Crippen LogP contribution in [0, 0.1) is 0 Å². The fourth-order valence-corrected chi connectivity index (χ4v) is 2.27. The largest absolute Gasteiger partial charge is 0.375 e. The lowest BCUT2D eigenvalue weighted by Gasteiger charge is -2.22. The van der Waals surface area contributed by atoms with Crippen LogP contribution in [0.25, 0.3) is 0 Å². The van der Waals surface area contributed by atoms with Gasteiger partial charge in [0, 0.05) is 25.9 Å². The number of benzene rings is 1. The maximum Gasteiger partial charge on any atom is 0.139 e. The number of hydrogen-bond acceptors (Lipinski definition) is 3. The van der Waals surface area contributed by atoms with Crippen molar-refractivity contribution in [1.82, 2.24) is 5.32 Å². The van der Waals surface area contributed by atoms with Crippen LogP contribution in [0.4, 0.5) is 0 Å². The summed E-state index contributed by atoms with van der Waals surface area (Å²) < 4.78 is 5.50. The van der Waals surface area contributed by atoms with E-state index < -0.39 is 0 Å². The van der Waals surface area contributed by atoms with Gasteiger partial charge in [0.2, 0.25) is 0 Å². The molecule has 1 N–H and O–H groups in total. The molecule has 1 heterocycles. The van der Waals surface area contributed by atoms with Crippen LogP contribution in [0.2, 0.25) is 10.0 Å². The minimum absolute atomic E-state index is 0.00554. The molecule has 3 nitrogen and oxygen atoms in total. The summed E-state index contributed by atoms with van der Waals surface area (Å²) in [6.45, 7) is 2.27. The third-order valence-electron chi connectivity index (χ3n) is 2.85. The molecule has 18 heavy (non-hydrogen) atoms. The second kappa shape index (κ2) is 6.53. The Bertz CT molecular complexity index is 431. The molecule has 2 rings (SSSR count). The number of morpholine rings is 1. The number of rotatable bonds is 4. The van der Waals surface area contributed by atoms with Gasteiger partial charge < -0.3 is 10.1 Å². The topological polar surface area (TPSA) is 38.3 Å². The summed E-state index contributed by atoms with van der Waals surface area (Å²) in [7, 11) is 0. The Morgan fingerprint density at radius 1 is 1.39 bits per heavy atom. The number of hydrogen-bond donors (Lipinski definition) is 1. The Labute approximate surface area is 116 Å². The van der Waals surface area contributed by atoms with Crippen molar-refractivity contribution in [2.75, 3.05) is 19.7 Å². The molecule has 0 aliphatic carbocycles. The lowest BCUT2D eigenvalue weighted by Crippen LogP contribution is -2.39. The zero-order valence-corrected chi connectivity index (χ0v) is 11.4. The van der Waals surface area contributed by atoms with E-state index in [4.69, 9.17) is 27.9 Å². The first-order valence-electron chi connectivity index (χ1n) is 5.93. The molecule has 1 atom stereocenters. The van der Waals surface area contributed by atoms with E-state index in [1.807, 2.05) is 6.07 Å². The molecule has 98 valence electrons. The van der Waals surface area contributed by atoms with E-state index in [9.17, 15) is 4.79 Å². The first-order chi connectivity index (χ1) is 8.65. The molecule has 0 spiro atoms. The monoisotopic (exact) mass is 287 g/mol. The van der Waals surface area contributed by atoms with Gasteiger partial charge in [0.1, 0.15) is 5.78 Å². The van der Waals surface area contributed by atoms with E-state index in [0.717, 1.165) is 18.7 Å². The minimum Gasteiger partial charge on any atom is -0.375 e. The van der Waals surface area contributed by atoms with Gasteiger partial charge in [0.25, 0.3) is 0 Å². The molecule has 1 aliphatic heterocycles. The van der Waals surface area contributed by atoms with E-state index in [0.29, 0.717) is 29.5 Å². The van der Waals surface area contributed by atoms with Crippen molar-refractivity contribution in [2.24, 2.45) is 0 Å². The minimum atomic E-state index is -0.00554. The Morgan fingerprint density at radius 3 is 2.89 bits per heavy atom. The van der Waals surface area contributed by atoms with Crippen LogP contribution in [-0.2, 0) is 16.0 Å². The van der Waals surface area contributed by atoms with Gasteiger partial charge in [-0.15, -0.1) is 0 Å². The molecule has 0 aromatic heterocycles. The Morgan fingerprint density at radius 2 is 2.22 bits per heavy atom. The van der Waals surface area contributed by atoms with Crippen LogP contribution in [0.15, 0.2) is 18.2 Å². The predicted octanol–water partition coefficient (Wildman–Crippen LogP) is 2.48. The normalized spacial score (nSPS) is 19.8. The Kier molecular flexibility index (Phi) is 5.01. The highest BCUT2D eigenvalue weighted by Crippen LogP contribution is 2.23. The molecule has 1 aromatic carbocycles. The molecule has 1 aliphatic rings. The zero-order chi connectivity index (χ0) is 13.0. The van der Waals surface area contributed by atoms with Crippen molar-refractivity contribution in [3.8, 4) is 0 Å². The summed E-state index contributed by atoms with van der Waals surface area (Å²) in [5.41, 5.74) is 0.887. The molecule has 0 saturated carbocycles. The first-order valence-corrected chi connectivity index (χ1v) is 6.68. The molecule has 1 aromatic rings. The highest BCUT2D eigenvalue weighted by Gasteiger charge is 2.17. The first kappa shape index (κ1) is 13.8. The van der Waals surface area contributed by atoms with Gasteiger partial charge in [-0.1, -0.05) is 29.3 Å². The molecule has 1 saturated heterocycles. The van der Waals surface area contributed by atoms with E-state index >= 15 is 0 Å². The third kappa shape index (κ3) is 3.95. The number of ketones is 1. The van der Waals surface area contributed by atoms with Crippen molar-refractivity contribution in [2.45, 2.75) is 18.9 Å². The lowest BCUT2D eigenvalue weighted by atomic mass is 10.0. The summed E-state index contributed by atoms with van der Waals surface area (Å²) in [6, 6.07) is 5.28. The molecule has 1 fully saturated rings. The fourth-order valence-electron chi connectivity index (χ4n) is 1.95. The van der Waals surface area contributed by atoms with Gasteiger partial charge in [-0.05, 0) is 17.7 Å². The highest BCUT2D eigenvalue weighted by atomic mass is 35.5. The molecule has 5 heteroatoms. The van der Waals surface area contributed by atoms with Crippen molar-refractivity contribution >= 4 is 29.0 Å². The van der Waals surface area contributed by atoms with Gasteiger partial charge in [0.05, 0.1) is 22.8 Å². The number of carbonyl (C=O) groups is 1. The second-order valence-corrected chi connectivity index (χ2v) is 5.18. The molecule has 1 unspecified atom stereocenters. The maximum atomic E-state index is 11.9. The number of carbonyl (C=O) groups excluding carboxylic acids is 1. The van der Waals surface area contributed by atoms with E-state index in [-0.39, 0.29) is 11.9 Å². The van der Waals surface area contributed by atoms with Crippen LogP contribution in [0.3, 0.4) is 0 Å². The summed E-state index contributed by atoms with van der Waals surface area (Å²) in [4.78, 5) is 11.9. The van der Waals surface area contributed by atoms with Gasteiger partial charge >= 0.3 is 0 Å². The van der Waals surface area contributed by atoms with E-state index in [2.05, 4.69) is 5.32 Å². The summed E-state index contributed by atoms with van der Waals surface area (Å²) >= 11 is 11.7. The summed E-state index contributed by atoms with van der Waals surface area (Å²) in [5.74, 6) is 0.155. The molecule has 0 bridgehead atoms. The van der Waals surface area contributed by atoms with Crippen LogP contribution < -0.4 is 5.32 Å². The average molecular weight is 288 g/mol. The quantitative estimate of drug-likeness (QED) is 0.925. The van der Waals surface area contributed by atoms with Gasteiger partial charge in [0.15, 0.2) is 0 Å². The molecule has 0 amide bonds. The third-order valence-corrected chi connectivity index (χ3v) is 3.58. The number of nitrogens with one attached hydrogen (secondary N) is 1. The Balaban J connectivity index is 1.88. The number of ether oxygens (including phenoxy) is 1. The van der Waals surface area contributed by atoms with Crippen LogP contribution >= 0.6 is 23.2 Å². The Hall–Kier alpha value is -0.610. The molecular weight excluding hydrogens is 273 g/mol. The molecule has 0 radical (unpaired) electrons. The zero-order valence-electron chi connectivity index (χ0n) is 9.92. The summed E-state index contributed by atoms with van der Waals surface area (Å²) in [5, 5.41) is 4.20. The van der Waals surface area contributed by atoms with Crippen LogP contribution in [0.5, 0.6) is 0 Å². The standard InChI is InChI=1S/C13H15Cl2NO2/c14-12-2-1-9(6-13(12)15)5-10(17)7-11-8-16-3-4-18-11/h1-2,6,11,16H,3-5,7-8H2. The van der Waals surface area contributed by atoms with Gasteiger partial charge in [-0.25, -0.2) is 0 Å². The SMILES string of the molecule is O=C(Cc1ccc(Cl)c(Cl)c1)CC1CNCCO1. The number of Topliss-reactive ketones (excluding diaryl/α,β-unsaturated/α-hetero) is 1.